The van der Waals surface area contributed by atoms with Crippen LogP contribution in [0.3, 0.4) is 0 Å². The normalized spacial score (nSPS) is 12.3. The molecule has 1 aromatic heterocycles. The number of anilines is 1. The number of amides is 1. The summed E-state index contributed by atoms with van der Waals surface area (Å²) in [4.78, 5) is 24.1. The molecule has 0 saturated heterocycles. The van der Waals surface area contributed by atoms with Gasteiger partial charge >= 0.3 is 21.1 Å². The average Bonchev–Trinajstić information content (AvgIpc) is 2.97. The summed E-state index contributed by atoms with van der Waals surface area (Å²) >= 11 is 0. The molecular weight excluding hydrogens is 462 g/mol. The molecule has 0 spiro atoms. The van der Waals surface area contributed by atoms with Crippen molar-refractivity contribution in [3.05, 3.63) is 60.6 Å². The van der Waals surface area contributed by atoms with Crippen molar-refractivity contribution in [2.45, 2.75) is 26.2 Å². The van der Waals surface area contributed by atoms with Crippen LogP contribution in [-0.4, -0.2) is 21.9 Å². The van der Waals surface area contributed by atoms with Crippen LogP contribution in [0.25, 0.3) is 0 Å². The van der Waals surface area contributed by atoms with Gasteiger partial charge in [-0.3, -0.25) is 14.7 Å². The van der Waals surface area contributed by atoms with E-state index in [-0.39, 0.29) is 38.4 Å². The fraction of sp³-hybridized carbons (Fsp3) is 0.235. The first-order chi connectivity index (χ1) is 10.6. The second-order valence-electron chi connectivity index (χ2n) is 4.85. The number of hydrogen-bond donors (Lipinski definition) is 2. The molecule has 5 nitrogen and oxygen atoms in total. The van der Waals surface area contributed by atoms with E-state index in [1.54, 1.807) is 31.2 Å². The van der Waals surface area contributed by atoms with Crippen LogP contribution in [0, 0.1) is 13.8 Å². The minimum Gasteiger partial charge on any atom is -0.346 e. The second kappa shape index (κ2) is 8.68. The topological polar surface area (TPSA) is 74.8 Å². The number of nitrogens with zero attached hydrogens (tertiary/aromatic N) is 1. The van der Waals surface area contributed by atoms with Gasteiger partial charge in [0.05, 0.1) is 5.56 Å². The molecule has 3 rings (SSSR count). The van der Waals surface area contributed by atoms with Crippen LogP contribution < -0.4 is 5.32 Å². The Labute approximate surface area is 150 Å². The number of aryl methyl sites for hydroxylation is 1. The van der Waals surface area contributed by atoms with Crippen molar-refractivity contribution in [2.75, 3.05) is 5.32 Å². The number of H-pyrrole nitrogens is 1. The zero-order valence-electron chi connectivity index (χ0n) is 13.0. The van der Waals surface area contributed by atoms with Gasteiger partial charge in [-0.2, -0.15) is 36.6 Å². The Morgan fingerprint density at radius 1 is 1.22 bits per heavy atom. The summed E-state index contributed by atoms with van der Waals surface area (Å²) in [6, 6.07) is 7.14. The molecule has 1 amide bonds. The fourth-order valence-corrected chi connectivity index (χ4v) is 2.35. The van der Waals surface area contributed by atoms with Crippen LogP contribution >= 0.6 is 0 Å². The molecule has 0 aliphatic heterocycles. The molecule has 0 saturated carbocycles. The molecule has 1 aliphatic carbocycles. The Bertz CT molecular complexity index is 678. The Hall–Kier alpha value is -1.87. The first-order valence-corrected chi connectivity index (χ1v) is 7.19. The molecule has 0 bridgehead atoms. The number of nitrogens with one attached hydrogen (secondary N) is 2. The minimum absolute atomic E-state index is 0. The van der Waals surface area contributed by atoms with Gasteiger partial charge in [-0.15, -0.1) is 0 Å². The molecule has 23 heavy (non-hydrogen) atoms. The SMILES string of the molecule is [CH2-]C.[CH2-]c1ccc(NC(=O)c2n[nH]c3c2C(=O)CCC3)cc1.[W+2]. The predicted octanol–water partition coefficient (Wildman–Crippen LogP) is 3.20. The second-order valence-corrected chi connectivity index (χ2v) is 4.85. The number of fused-ring (bicyclic) bond motifs is 1. The van der Waals surface area contributed by atoms with Crippen LogP contribution in [-0.2, 0) is 27.5 Å². The van der Waals surface area contributed by atoms with Gasteiger partial charge in [-0.1, -0.05) is 12.1 Å². The maximum atomic E-state index is 12.2. The third-order valence-electron chi connectivity index (χ3n) is 3.38. The Morgan fingerprint density at radius 2 is 1.87 bits per heavy atom. The van der Waals surface area contributed by atoms with Gasteiger partial charge in [0.15, 0.2) is 11.5 Å². The van der Waals surface area contributed by atoms with E-state index in [0.717, 1.165) is 24.1 Å². The number of benzene rings is 1. The van der Waals surface area contributed by atoms with E-state index in [9.17, 15) is 9.59 Å². The number of ketones is 1. The van der Waals surface area contributed by atoms with Crippen molar-refractivity contribution < 1.29 is 30.7 Å². The fourth-order valence-electron chi connectivity index (χ4n) is 2.35. The number of hydrogen-bond acceptors (Lipinski definition) is 3. The zero-order chi connectivity index (χ0) is 16.1. The van der Waals surface area contributed by atoms with E-state index in [4.69, 9.17) is 0 Å². The van der Waals surface area contributed by atoms with E-state index < -0.39 is 0 Å². The van der Waals surface area contributed by atoms with Gasteiger partial charge in [0.2, 0.25) is 0 Å². The smallest absolute Gasteiger partial charge is 0.346 e. The quantitative estimate of drug-likeness (QED) is 0.648. The van der Waals surface area contributed by atoms with E-state index >= 15 is 0 Å². The van der Waals surface area contributed by atoms with Crippen LogP contribution in [0.4, 0.5) is 5.69 Å². The van der Waals surface area contributed by atoms with Gasteiger partial charge in [0.1, 0.15) is 0 Å². The Balaban J connectivity index is 0.000000849. The molecule has 2 aromatic rings. The third kappa shape index (κ3) is 4.32. The molecular formula is C17H19N3O2W. The van der Waals surface area contributed by atoms with Crippen molar-refractivity contribution in [3.63, 3.8) is 0 Å². The van der Waals surface area contributed by atoms with Gasteiger partial charge in [0.25, 0.3) is 5.91 Å². The number of carbonyl (C=O) groups is 2. The molecule has 1 aliphatic rings. The van der Waals surface area contributed by atoms with Crippen molar-refractivity contribution >= 4 is 17.4 Å². The summed E-state index contributed by atoms with van der Waals surface area (Å²) in [5.41, 5.74) is 2.92. The molecule has 0 radical (unpaired) electrons. The van der Waals surface area contributed by atoms with Gasteiger partial charge in [0, 0.05) is 17.8 Å². The molecule has 0 unspecified atom stereocenters. The molecule has 6 heteroatoms. The summed E-state index contributed by atoms with van der Waals surface area (Å²) in [6.45, 7) is 8.78. The maximum Gasteiger partial charge on any atom is 2.00 e. The van der Waals surface area contributed by atoms with E-state index in [1.165, 1.54) is 0 Å². The van der Waals surface area contributed by atoms with Crippen molar-refractivity contribution in [1.29, 1.82) is 0 Å². The van der Waals surface area contributed by atoms with Crippen LogP contribution in [0.5, 0.6) is 0 Å². The first kappa shape index (κ1) is 19.2. The first-order valence-electron chi connectivity index (χ1n) is 7.19. The Morgan fingerprint density at radius 3 is 2.52 bits per heavy atom. The van der Waals surface area contributed by atoms with Crippen molar-refractivity contribution in [1.82, 2.24) is 10.2 Å². The van der Waals surface area contributed by atoms with E-state index in [1.807, 2.05) is 0 Å². The van der Waals surface area contributed by atoms with Crippen molar-refractivity contribution in [3.8, 4) is 0 Å². The van der Waals surface area contributed by atoms with Crippen molar-refractivity contribution in [2.24, 2.45) is 0 Å². The Kier molecular flexibility index (Phi) is 7.24. The molecule has 2 N–H and O–H groups in total. The van der Waals surface area contributed by atoms with Gasteiger partial charge in [-0.05, 0) is 12.8 Å². The van der Waals surface area contributed by atoms with Crippen LogP contribution in [0.1, 0.15) is 51.9 Å². The number of aromatic nitrogens is 2. The standard InChI is InChI=1S/C15H14N3O2.C2H5.W/c1-9-5-7-10(8-6-9)16-15(20)14-13-11(17-18-14)3-2-4-12(13)19;1-2;/h5-8H,1-4H2,(H,16,20)(H,17,18);1H2,2H3;/q2*-1;+2. The maximum absolute atomic E-state index is 12.2. The molecule has 1 aromatic carbocycles. The van der Waals surface area contributed by atoms with Gasteiger partial charge in [-0.25, -0.2) is 0 Å². The minimum atomic E-state index is -0.366. The summed E-state index contributed by atoms with van der Waals surface area (Å²) in [7, 11) is 0. The number of Topliss-reactive ketones (excluding diaryl/α,β-unsaturated/α-hetero) is 1. The number of aromatic amines is 1. The summed E-state index contributed by atoms with van der Waals surface area (Å²) in [5, 5.41) is 9.52. The summed E-state index contributed by atoms with van der Waals surface area (Å²) in [5.74, 6) is -0.382. The number of rotatable bonds is 2. The van der Waals surface area contributed by atoms with E-state index in [2.05, 4.69) is 29.4 Å². The molecule has 120 valence electrons. The summed E-state index contributed by atoms with van der Waals surface area (Å²) < 4.78 is 0. The van der Waals surface area contributed by atoms with E-state index in [0.29, 0.717) is 17.7 Å². The van der Waals surface area contributed by atoms with Gasteiger partial charge < -0.3 is 12.2 Å². The monoisotopic (exact) mass is 481 g/mol. The largest absolute Gasteiger partial charge is 2.00 e. The molecule has 1 heterocycles. The third-order valence-corrected chi connectivity index (χ3v) is 3.38. The predicted molar refractivity (Wildman–Crippen MR) is 85.7 cm³/mol. The van der Waals surface area contributed by atoms with Crippen LogP contribution in [0.15, 0.2) is 24.3 Å². The van der Waals surface area contributed by atoms with Crippen LogP contribution in [0.2, 0.25) is 0 Å². The molecule has 0 fully saturated rings. The zero-order valence-corrected chi connectivity index (χ0v) is 16.0. The molecule has 0 atom stereocenters. The summed E-state index contributed by atoms with van der Waals surface area (Å²) in [6.07, 6.45) is 2.04. The average molecular weight is 481 g/mol. The number of carbonyl (C=O) groups excluding carboxylic acids is 2.